The summed E-state index contributed by atoms with van der Waals surface area (Å²) >= 11 is 0. The first-order valence-electron chi connectivity index (χ1n) is 3.77. The number of ether oxygens (including phenoxy) is 1. The predicted molar refractivity (Wildman–Crippen MR) is 45.9 cm³/mol. The quantitative estimate of drug-likeness (QED) is 0.667. The minimum atomic E-state index is -4.33. The van der Waals surface area contributed by atoms with Crippen LogP contribution >= 0.6 is 0 Å². The summed E-state index contributed by atoms with van der Waals surface area (Å²) < 4.78 is 39.8. The summed E-state index contributed by atoms with van der Waals surface area (Å²) in [6.45, 7) is -1.30. The van der Waals surface area contributed by atoms with Crippen molar-refractivity contribution in [3.63, 3.8) is 0 Å². The molecule has 0 aliphatic carbocycles. The third kappa shape index (κ3) is 3.40. The molecule has 4 heteroatoms. The first kappa shape index (κ1) is 10.5. The second-order valence-electron chi connectivity index (χ2n) is 2.58. The normalized spacial score (nSPS) is 10.7. The van der Waals surface area contributed by atoms with Crippen LogP contribution in [0, 0.1) is 12.3 Å². The van der Waals surface area contributed by atoms with Crippen molar-refractivity contribution in [1.82, 2.24) is 0 Å². The third-order valence-electron chi connectivity index (χ3n) is 1.40. The Hall–Kier alpha value is -1.63. The van der Waals surface area contributed by atoms with Gasteiger partial charge in [-0.25, -0.2) is 0 Å². The van der Waals surface area contributed by atoms with Gasteiger partial charge in [0.1, 0.15) is 5.75 Å². The summed E-state index contributed by atoms with van der Waals surface area (Å²) in [7, 11) is 0. The molecule has 14 heavy (non-hydrogen) atoms. The van der Waals surface area contributed by atoms with E-state index in [1.165, 1.54) is 12.1 Å². The Labute approximate surface area is 79.5 Å². The maximum absolute atomic E-state index is 11.8. The smallest absolute Gasteiger partial charge is 0.422 e. The van der Waals surface area contributed by atoms with Crippen LogP contribution in [-0.4, -0.2) is 12.8 Å². The molecule has 0 saturated heterocycles. The van der Waals surface area contributed by atoms with Crippen LogP contribution in [0.4, 0.5) is 13.2 Å². The zero-order chi connectivity index (χ0) is 10.6. The maximum Gasteiger partial charge on any atom is 0.422 e. The van der Waals surface area contributed by atoms with Crippen molar-refractivity contribution >= 4 is 0 Å². The van der Waals surface area contributed by atoms with Crippen molar-refractivity contribution in [1.29, 1.82) is 0 Å². The van der Waals surface area contributed by atoms with Crippen LogP contribution in [-0.2, 0) is 0 Å². The molecule has 0 N–H and O–H groups in total. The fourth-order valence-corrected chi connectivity index (χ4v) is 0.841. The molecular weight excluding hydrogens is 193 g/mol. The van der Waals surface area contributed by atoms with Crippen LogP contribution in [0.15, 0.2) is 24.3 Å². The lowest BCUT2D eigenvalue weighted by Gasteiger charge is -2.08. The number of hydrogen-bond acceptors (Lipinski definition) is 1. The topological polar surface area (TPSA) is 9.23 Å². The van der Waals surface area contributed by atoms with Crippen LogP contribution in [0.3, 0.4) is 0 Å². The van der Waals surface area contributed by atoms with Crippen LogP contribution in [0.2, 0.25) is 0 Å². The van der Waals surface area contributed by atoms with Gasteiger partial charge in [-0.05, 0) is 18.2 Å². The van der Waals surface area contributed by atoms with Crippen LogP contribution in [0.5, 0.6) is 5.75 Å². The monoisotopic (exact) mass is 200 g/mol. The highest BCUT2D eigenvalue weighted by Gasteiger charge is 2.28. The molecule has 0 unspecified atom stereocenters. The maximum atomic E-state index is 11.8. The zero-order valence-corrected chi connectivity index (χ0v) is 7.14. The van der Waals surface area contributed by atoms with Gasteiger partial charge in [-0.3, -0.25) is 0 Å². The van der Waals surface area contributed by atoms with E-state index in [1.807, 2.05) is 0 Å². The molecular formula is C10H7F3O. The molecule has 1 rings (SSSR count). The third-order valence-corrected chi connectivity index (χ3v) is 1.40. The van der Waals surface area contributed by atoms with E-state index in [4.69, 9.17) is 6.42 Å². The molecule has 0 spiro atoms. The van der Waals surface area contributed by atoms with Gasteiger partial charge in [-0.2, -0.15) is 13.2 Å². The summed E-state index contributed by atoms with van der Waals surface area (Å²) in [4.78, 5) is 0. The van der Waals surface area contributed by atoms with E-state index in [1.54, 1.807) is 12.1 Å². The van der Waals surface area contributed by atoms with Crippen LogP contribution in [0.25, 0.3) is 0 Å². The summed E-state index contributed by atoms with van der Waals surface area (Å²) in [5, 5.41) is 0. The van der Waals surface area contributed by atoms with E-state index >= 15 is 0 Å². The predicted octanol–water partition coefficient (Wildman–Crippen LogP) is 2.61. The Balaban J connectivity index is 2.65. The van der Waals surface area contributed by atoms with Gasteiger partial charge in [0, 0.05) is 5.56 Å². The standard InChI is InChI=1S/C10H7F3O/c1-2-8-4-3-5-9(6-8)14-7-10(11,12)13/h1,3-6H,7H2. The molecule has 0 aliphatic rings. The molecule has 0 heterocycles. The van der Waals surface area contributed by atoms with Gasteiger partial charge in [-0.1, -0.05) is 12.0 Å². The highest BCUT2D eigenvalue weighted by molar-refractivity contribution is 5.38. The van der Waals surface area contributed by atoms with E-state index in [0.29, 0.717) is 5.56 Å². The van der Waals surface area contributed by atoms with Crippen molar-refractivity contribution in [3.8, 4) is 18.1 Å². The highest BCUT2D eigenvalue weighted by atomic mass is 19.4. The van der Waals surface area contributed by atoms with Gasteiger partial charge in [0.15, 0.2) is 6.61 Å². The number of benzene rings is 1. The summed E-state index contributed by atoms with van der Waals surface area (Å²) in [5.74, 6) is 2.43. The van der Waals surface area contributed by atoms with Crippen LogP contribution < -0.4 is 4.74 Å². The molecule has 0 saturated carbocycles. The average molecular weight is 200 g/mol. The van der Waals surface area contributed by atoms with E-state index in [2.05, 4.69) is 10.7 Å². The van der Waals surface area contributed by atoms with Crippen molar-refractivity contribution in [2.75, 3.05) is 6.61 Å². The molecule has 0 fully saturated rings. The molecule has 0 atom stereocenters. The van der Waals surface area contributed by atoms with Crippen molar-refractivity contribution in [3.05, 3.63) is 29.8 Å². The Morgan fingerprint density at radius 2 is 2.07 bits per heavy atom. The molecule has 74 valence electrons. The Morgan fingerprint density at radius 3 is 2.64 bits per heavy atom. The number of halogens is 3. The van der Waals surface area contributed by atoms with E-state index in [-0.39, 0.29) is 5.75 Å². The molecule has 0 amide bonds. The lowest BCUT2D eigenvalue weighted by atomic mass is 10.2. The number of hydrogen-bond donors (Lipinski definition) is 0. The van der Waals surface area contributed by atoms with Gasteiger partial charge in [0.2, 0.25) is 0 Å². The molecule has 0 bridgehead atoms. The van der Waals surface area contributed by atoms with Gasteiger partial charge in [-0.15, -0.1) is 6.42 Å². The average Bonchev–Trinajstić information content (AvgIpc) is 2.14. The lowest BCUT2D eigenvalue weighted by Crippen LogP contribution is -2.19. The second-order valence-corrected chi connectivity index (χ2v) is 2.58. The van der Waals surface area contributed by atoms with E-state index in [9.17, 15) is 13.2 Å². The fourth-order valence-electron chi connectivity index (χ4n) is 0.841. The fraction of sp³-hybridized carbons (Fsp3) is 0.200. The van der Waals surface area contributed by atoms with Gasteiger partial charge in [0.05, 0.1) is 0 Å². The van der Waals surface area contributed by atoms with E-state index in [0.717, 1.165) is 0 Å². The van der Waals surface area contributed by atoms with Crippen molar-refractivity contribution in [2.24, 2.45) is 0 Å². The number of alkyl halides is 3. The summed E-state index contributed by atoms with van der Waals surface area (Å²) in [5.41, 5.74) is 0.490. The minimum Gasteiger partial charge on any atom is -0.484 e. The Morgan fingerprint density at radius 1 is 1.36 bits per heavy atom. The van der Waals surface area contributed by atoms with Crippen molar-refractivity contribution in [2.45, 2.75) is 6.18 Å². The molecule has 1 nitrogen and oxygen atoms in total. The number of rotatable bonds is 2. The van der Waals surface area contributed by atoms with Gasteiger partial charge >= 0.3 is 6.18 Å². The molecule has 0 radical (unpaired) electrons. The molecule has 0 aliphatic heterocycles. The van der Waals surface area contributed by atoms with Crippen molar-refractivity contribution < 1.29 is 17.9 Å². The molecule has 1 aromatic carbocycles. The summed E-state index contributed by atoms with van der Waals surface area (Å²) in [6.07, 6.45) is 0.746. The minimum absolute atomic E-state index is 0.123. The first-order chi connectivity index (χ1) is 6.51. The second kappa shape index (κ2) is 4.05. The molecule has 1 aromatic rings. The lowest BCUT2D eigenvalue weighted by molar-refractivity contribution is -0.153. The SMILES string of the molecule is C#Cc1cccc(OCC(F)(F)F)c1. The van der Waals surface area contributed by atoms with E-state index < -0.39 is 12.8 Å². The van der Waals surface area contributed by atoms with Gasteiger partial charge < -0.3 is 4.74 Å². The van der Waals surface area contributed by atoms with Crippen LogP contribution in [0.1, 0.15) is 5.56 Å². The largest absolute Gasteiger partial charge is 0.484 e. The molecule has 0 aromatic heterocycles. The first-order valence-corrected chi connectivity index (χ1v) is 3.77. The Bertz CT molecular complexity index is 349. The van der Waals surface area contributed by atoms with Gasteiger partial charge in [0.25, 0.3) is 0 Å². The Kier molecular flexibility index (Phi) is 3.03. The highest BCUT2D eigenvalue weighted by Crippen LogP contribution is 2.18. The zero-order valence-electron chi connectivity index (χ0n) is 7.14. The summed E-state index contributed by atoms with van der Waals surface area (Å²) in [6, 6.07) is 5.96. The number of terminal acetylenes is 1.